The summed E-state index contributed by atoms with van der Waals surface area (Å²) >= 11 is 0. The maximum Gasteiger partial charge on any atom is 0.407 e. The Kier molecular flexibility index (Phi) is 5.17. The van der Waals surface area contributed by atoms with Crippen molar-refractivity contribution in [1.82, 2.24) is 15.2 Å². The van der Waals surface area contributed by atoms with Crippen molar-refractivity contribution in [3.05, 3.63) is 30.1 Å². The SMILES string of the molecule is CC(C)(C)OC(=O)NC[C@@H]1CCN(Cc2ccncc2)C1. The van der Waals surface area contributed by atoms with Gasteiger partial charge in [0, 0.05) is 32.0 Å². The van der Waals surface area contributed by atoms with Gasteiger partial charge in [-0.3, -0.25) is 9.88 Å². The van der Waals surface area contributed by atoms with Crippen LogP contribution in [-0.4, -0.2) is 41.2 Å². The fraction of sp³-hybridized carbons (Fsp3) is 0.625. The van der Waals surface area contributed by atoms with Crippen molar-refractivity contribution in [2.75, 3.05) is 19.6 Å². The molecule has 1 aliphatic heterocycles. The van der Waals surface area contributed by atoms with Crippen LogP contribution in [0.15, 0.2) is 24.5 Å². The summed E-state index contributed by atoms with van der Waals surface area (Å²) in [4.78, 5) is 18.1. The van der Waals surface area contributed by atoms with Crippen molar-refractivity contribution in [3.8, 4) is 0 Å². The van der Waals surface area contributed by atoms with Crippen molar-refractivity contribution < 1.29 is 9.53 Å². The summed E-state index contributed by atoms with van der Waals surface area (Å²) in [7, 11) is 0. The van der Waals surface area contributed by atoms with E-state index < -0.39 is 5.60 Å². The molecule has 5 heteroatoms. The number of nitrogens with zero attached hydrogens (tertiary/aromatic N) is 2. The van der Waals surface area contributed by atoms with Crippen LogP contribution in [0.3, 0.4) is 0 Å². The van der Waals surface area contributed by atoms with Gasteiger partial charge < -0.3 is 10.1 Å². The molecular weight excluding hydrogens is 266 g/mol. The summed E-state index contributed by atoms with van der Waals surface area (Å²) in [6, 6.07) is 4.10. The molecule has 1 saturated heterocycles. The van der Waals surface area contributed by atoms with E-state index in [9.17, 15) is 4.79 Å². The first kappa shape index (κ1) is 15.8. The second-order valence-electron chi connectivity index (χ2n) is 6.63. The van der Waals surface area contributed by atoms with Crippen molar-refractivity contribution >= 4 is 6.09 Å². The Morgan fingerprint density at radius 3 is 2.81 bits per heavy atom. The molecule has 1 aromatic rings. The van der Waals surface area contributed by atoms with Gasteiger partial charge in [0.25, 0.3) is 0 Å². The monoisotopic (exact) mass is 291 g/mol. The Labute approximate surface area is 126 Å². The number of aromatic nitrogens is 1. The zero-order valence-electron chi connectivity index (χ0n) is 13.1. The van der Waals surface area contributed by atoms with Crippen molar-refractivity contribution in [2.24, 2.45) is 5.92 Å². The van der Waals surface area contributed by atoms with Gasteiger partial charge in [0.1, 0.15) is 5.60 Å². The van der Waals surface area contributed by atoms with E-state index in [0.29, 0.717) is 12.5 Å². The van der Waals surface area contributed by atoms with Gasteiger partial charge in [0.15, 0.2) is 0 Å². The molecule has 1 aliphatic rings. The number of hydrogen-bond donors (Lipinski definition) is 1. The number of hydrogen-bond acceptors (Lipinski definition) is 4. The molecule has 0 unspecified atom stereocenters. The molecular formula is C16H25N3O2. The molecule has 0 radical (unpaired) electrons. The van der Waals surface area contributed by atoms with Crippen LogP contribution >= 0.6 is 0 Å². The van der Waals surface area contributed by atoms with Crippen LogP contribution in [0.1, 0.15) is 32.8 Å². The third-order valence-electron chi connectivity index (χ3n) is 3.46. The lowest BCUT2D eigenvalue weighted by atomic mass is 10.1. The number of amides is 1. The van der Waals surface area contributed by atoms with Gasteiger partial charge in [-0.2, -0.15) is 0 Å². The molecule has 1 atom stereocenters. The van der Waals surface area contributed by atoms with Crippen LogP contribution < -0.4 is 5.32 Å². The quantitative estimate of drug-likeness (QED) is 0.925. The lowest BCUT2D eigenvalue weighted by molar-refractivity contribution is 0.0519. The molecule has 0 aromatic carbocycles. The lowest BCUT2D eigenvalue weighted by Gasteiger charge is -2.21. The molecule has 0 aliphatic carbocycles. The maximum absolute atomic E-state index is 11.6. The highest BCUT2D eigenvalue weighted by Gasteiger charge is 2.24. The fourth-order valence-electron chi connectivity index (χ4n) is 2.51. The standard InChI is InChI=1S/C16H25N3O2/c1-16(2,3)21-15(20)18-10-14-6-9-19(12-14)11-13-4-7-17-8-5-13/h4-5,7-8,14H,6,9-12H2,1-3H3,(H,18,20)/t14-/m0/s1. The summed E-state index contributed by atoms with van der Waals surface area (Å²) in [6.07, 6.45) is 4.44. The van der Waals surface area contributed by atoms with Crippen LogP contribution in [0.5, 0.6) is 0 Å². The molecule has 2 heterocycles. The second kappa shape index (κ2) is 6.89. The Hall–Kier alpha value is -1.62. The minimum Gasteiger partial charge on any atom is -0.444 e. The van der Waals surface area contributed by atoms with E-state index >= 15 is 0 Å². The second-order valence-corrected chi connectivity index (χ2v) is 6.63. The predicted octanol–water partition coefficient (Wildman–Crippen LogP) is 2.43. The smallest absolute Gasteiger partial charge is 0.407 e. The molecule has 5 nitrogen and oxygen atoms in total. The van der Waals surface area contributed by atoms with E-state index in [1.165, 1.54) is 5.56 Å². The Morgan fingerprint density at radius 2 is 2.14 bits per heavy atom. The average molecular weight is 291 g/mol. The summed E-state index contributed by atoms with van der Waals surface area (Å²) in [6.45, 7) is 9.34. The number of alkyl carbamates (subject to hydrolysis) is 1. The number of pyridine rings is 1. The molecule has 0 bridgehead atoms. The van der Waals surface area contributed by atoms with Gasteiger partial charge in [-0.25, -0.2) is 4.79 Å². The summed E-state index contributed by atoms with van der Waals surface area (Å²) in [5, 5.41) is 2.87. The number of carbonyl (C=O) groups excluding carboxylic acids is 1. The highest BCUT2D eigenvalue weighted by atomic mass is 16.6. The largest absolute Gasteiger partial charge is 0.444 e. The molecule has 21 heavy (non-hydrogen) atoms. The zero-order chi connectivity index (χ0) is 15.3. The molecule has 2 rings (SSSR count). The van der Waals surface area contributed by atoms with Gasteiger partial charge in [-0.15, -0.1) is 0 Å². The van der Waals surface area contributed by atoms with Crippen molar-refractivity contribution in [1.29, 1.82) is 0 Å². The van der Waals surface area contributed by atoms with Crippen LogP contribution in [0.25, 0.3) is 0 Å². The number of nitrogens with one attached hydrogen (secondary N) is 1. The van der Waals surface area contributed by atoms with Gasteiger partial charge in [0.05, 0.1) is 0 Å². The normalized spacial score (nSPS) is 19.5. The topological polar surface area (TPSA) is 54.5 Å². The summed E-state index contributed by atoms with van der Waals surface area (Å²) in [5.41, 5.74) is 0.846. The first-order chi connectivity index (χ1) is 9.92. The van der Waals surface area contributed by atoms with E-state index in [1.54, 1.807) is 0 Å². The van der Waals surface area contributed by atoms with Crippen LogP contribution in [-0.2, 0) is 11.3 Å². The van der Waals surface area contributed by atoms with Gasteiger partial charge in [0.2, 0.25) is 0 Å². The van der Waals surface area contributed by atoms with Crippen LogP contribution in [0.4, 0.5) is 4.79 Å². The zero-order valence-corrected chi connectivity index (χ0v) is 13.1. The Bertz CT molecular complexity index is 456. The number of carbonyl (C=O) groups is 1. The van der Waals surface area contributed by atoms with E-state index in [1.807, 2.05) is 45.3 Å². The molecule has 116 valence electrons. The van der Waals surface area contributed by atoms with Gasteiger partial charge in [-0.05, 0) is 57.4 Å². The summed E-state index contributed by atoms with van der Waals surface area (Å²) < 4.78 is 5.25. The van der Waals surface area contributed by atoms with Gasteiger partial charge in [-0.1, -0.05) is 0 Å². The lowest BCUT2D eigenvalue weighted by Crippen LogP contribution is -2.35. The van der Waals surface area contributed by atoms with Crippen molar-refractivity contribution in [3.63, 3.8) is 0 Å². The maximum atomic E-state index is 11.6. The van der Waals surface area contributed by atoms with Crippen LogP contribution in [0, 0.1) is 5.92 Å². The molecule has 1 aromatic heterocycles. The third-order valence-corrected chi connectivity index (χ3v) is 3.46. The minimum atomic E-state index is -0.437. The first-order valence-corrected chi connectivity index (χ1v) is 7.50. The third kappa shape index (κ3) is 5.71. The molecule has 0 spiro atoms. The number of ether oxygens (including phenoxy) is 1. The van der Waals surface area contributed by atoms with E-state index in [4.69, 9.17) is 4.74 Å². The highest BCUT2D eigenvalue weighted by Crippen LogP contribution is 2.18. The van der Waals surface area contributed by atoms with Crippen LogP contribution in [0.2, 0.25) is 0 Å². The van der Waals surface area contributed by atoms with E-state index in [-0.39, 0.29) is 6.09 Å². The number of likely N-dealkylation sites (tertiary alicyclic amines) is 1. The Morgan fingerprint density at radius 1 is 1.43 bits per heavy atom. The first-order valence-electron chi connectivity index (χ1n) is 7.50. The fourth-order valence-corrected chi connectivity index (χ4v) is 2.51. The average Bonchev–Trinajstić information content (AvgIpc) is 2.83. The summed E-state index contributed by atoms with van der Waals surface area (Å²) in [5.74, 6) is 0.499. The molecule has 0 saturated carbocycles. The minimum absolute atomic E-state index is 0.324. The predicted molar refractivity (Wildman–Crippen MR) is 81.9 cm³/mol. The van der Waals surface area contributed by atoms with Gasteiger partial charge >= 0.3 is 6.09 Å². The van der Waals surface area contributed by atoms with E-state index in [0.717, 1.165) is 26.1 Å². The molecule has 1 fully saturated rings. The van der Waals surface area contributed by atoms with E-state index in [2.05, 4.69) is 15.2 Å². The van der Waals surface area contributed by atoms with Crippen molar-refractivity contribution in [2.45, 2.75) is 39.3 Å². The highest BCUT2D eigenvalue weighted by molar-refractivity contribution is 5.67. The molecule has 1 N–H and O–H groups in total. The molecule has 1 amide bonds. The number of rotatable bonds is 4. The Balaban J connectivity index is 1.69.